The second-order valence-corrected chi connectivity index (χ2v) is 7.31. The molecule has 0 radical (unpaired) electrons. The maximum Gasteiger partial charge on any atom is 0.262 e. The first-order chi connectivity index (χ1) is 12.4. The van der Waals surface area contributed by atoms with Crippen molar-refractivity contribution >= 4 is 18.3 Å². The fraction of sp³-hybridized carbons (Fsp3) is 0.632. The van der Waals surface area contributed by atoms with Crippen molar-refractivity contribution in [3.63, 3.8) is 0 Å². The van der Waals surface area contributed by atoms with Crippen molar-refractivity contribution in [2.45, 2.75) is 43.6 Å². The van der Waals surface area contributed by atoms with Crippen molar-refractivity contribution in [1.82, 2.24) is 10.6 Å². The molecule has 2 aliphatic heterocycles. The quantitative estimate of drug-likeness (QED) is 0.792. The Morgan fingerprint density at radius 2 is 2.07 bits per heavy atom. The molecule has 0 aromatic heterocycles. The molecule has 0 spiro atoms. The van der Waals surface area contributed by atoms with Gasteiger partial charge in [0.25, 0.3) is 5.92 Å². The largest absolute Gasteiger partial charge is 0.496 e. The molecule has 8 heteroatoms. The summed E-state index contributed by atoms with van der Waals surface area (Å²) in [5.74, 6) is -2.42. The Kier molecular flexibility index (Phi) is 7.05. The number of hydrogen-bond donors (Lipinski definition) is 2. The third-order valence-corrected chi connectivity index (χ3v) is 5.40. The van der Waals surface area contributed by atoms with Crippen LogP contribution in [0.4, 0.5) is 8.78 Å². The van der Waals surface area contributed by atoms with Crippen LogP contribution in [0.3, 0.4) is 0 Å². The summed E-state index contributed by atoms with van der Waals surface area (Å²) in [5, 5.41) is 5.50. The molecular formula is C19H27ClF2N2O3. The highest BCUT2D eigenvalue weighted by atomic mass is 35.5. The Labute approximate surface area is 164 Å². The van der Waals surface area contributed by atoms with Gasteiger partial charge in [-0.1, -0.05) is 17.7 Å². The first kappa shape index (κ1) is 21.9. The predicted octanol–water partition coefficient (Wildman–Crippen LogP) is 2.59. The lowest BCUT2D eigenvalue weighted by Crippen LogP contribution is -2.49. The summed E-state index contributed by atoms with van der Waals surface area (Å²) < 4.78 is 37.8. The lowest BCUT2D eigenvalue weighted by Gasteiger charge is -2.39. The summed E-state index contributed by atoms with van der Waals surface area (Å²) in [7, 11) is 1.63. The van der Waals surface area contributed by atoms with Crippen molar-refractivity contribution in [2.75, 3.05) is 33.4 Å². The molecule has 1 amide bonds. The number of rotatable bonds is 5. The average Bonchev–Trinajstić information content (AvgIpc) is 3.00. The predicted molar refractivity (Wildman–Crippen MR) is 101 cm³/mol. The van der Waals surface area contributed by atoms with Gasteiger partial charge in [-0.2, -0.15) is 0 Å². The molecule has 5 nitrogen and oxygen atoms in total. The molecule has 152 valence electrons. The number of ether oxygens (including phenoxy) is 2. The maximum absolute atomic E-state index is 13.4. The van der Waals surface area contributed by atoms with E-state index in [1.807, 2.05) is 19.1 Å². The number of alkyl halides is 2. The van der Waals surface area contributed by atoms with E-state index in [0.29, 0.717) is 19.8 Å². The van der Waals surface area contributed by atoms with Crippen LogP contribution in [0, 0.1) is 6.92 Å². The average molecular weight is 405 g/mol. The van der Waals surface area contributed by atoms with Gasteiger partial charge in [0.2, 0.25) is 5.91 Å². The molecule has 1 aromatic rings. The molecule has 0 saturated carbocycles. The Morgan fingerprint density at radius 3 is 2.67 bits per heavy atom. The van der Waals surface area contributed by atoms with Crippen molar-refractivity contribution in [3.05, 3.63) is 29.3 Å². The third kappa shape index (κ3) is 4.89. The van der Waals surface area contributed by atoms with E-state index in [1.165, 1.54) is 0 Å². The number of halogens is 3. The van der Waals surface area contributed by atoms with E-state index < -0.39 is 24.9 Å². The number of methoxy groups -OCH3 is 1. The molecule has 0 aliphatic carbocycles. The summed E-state index contributed by atoms with van der Waals surface area (Å²) in [6.45, 7) is 3.12. The van der Waals surface area contributed by atoms with Crippen LogP contribution in [0.25, 0.3) is 0 Å². The van der Waals surface area contributed by atoms with E-state index in [0.717, 1.165) is 29.7 Å². The lowest BCUT2D eigenvalue weighted by atomic mass is 9.73. The smallest absolute Gasteiger partial charge is 0.262 e. The first-order valence-electron chi connectivity index (χ1n) is 8.97. The van der Waals surface area contributed by atoms with Crippen molar-refractivity contribution in [1.29, 1.82) is 0 Å². The number of amides is 1. The zero-order valence-electron chi connectivity index (χ0n) is 15.6. The number of benzene rings is 1. The van der Waals surface area contributed by atoms with Crippen LogP contribution < -0.4 is 15.4 Å². The first-order valence-corrected chi connectivity index (χ1v) is 8.97. The number of hydrogen-bond acceptors (Lipinski definition) is 4. The van der Waals surface area contributed by atoms with Gasteiger partial charge in [0, 0.05) is 37.2 Å². The van der Waals surface area contributed by atoms with Crippen LogP contribution in [0.5, 0.6) is 5.75 Å². The summed E-state index contributed by atoms with van der Waals surface area (Å²) >= 11 is 0. The van der Waals surface area contributed by atoms with E-state index in [-0.39, 0.29) is 23.7 Å². The van der Waals surface area contributed by atoms with E-state index in [9.17, 15) is 13.6 Å². The Bertz CT molecular complexity index is 666. The minimum Gasteiger partial charge on any atom is -0.496 e. The lowest BCUT2D eigenvalue weighted by molar-refractivity contribution is -0.123. The highest BCUT2D eigenvalue weighted by molar-refractivity contribution is 5.85. The molecule has 0 bridgehead atoms. The molecule has 1 atom stereocenters. The van der Waals surface area contributed by atoms with Crippen LogP contribution in [0.15, 0.2) is 18.2 Å². The van der Waals surface area contributed by atoms with Gasteiger partial charge in [-0.3, -0.25) is 10.1 Å². The molecule has 2 aliphatic rings. The summed E-state index contributed by atoms with van der Waals surface area (Å²) in [4.78, 5) is 12.4. The van der Waals surface area contributed by atoms with Gasteiger partial charge >= 0.3 is 0 Å². The summed E-state index contributed by atoms with van der Waals surface area (Å²) in [6.07, 6.45) is 1.02. The number of nitrogens with one attached hydrogen (secondary N) is 2. The van der Waals surface area contributed by atoms with Crippen LogP contribution in [-0.2, 0) is 14.9 Å². The summed E-state index contributed by atoms with van der Waals surface area (Å²) in [6, 6.07) is 5.15. The maximum atomic E-state index is 13.4. The molecule has 27 heavy (non-hydrogen) atoms. The van der Waals surface area contributed by atoms with E-state index in [1.54, 1.807) is 7.11 Å². The van der Waals surface area contributed by atoms with E-state index >= 15 is 0 Å². The van der Waals surface area contributed by atoms with E-state index in [2.05, 4.69) is 16.7 Å². The molecule has 2 N–H and O–H groups in total. The van der Waals surface area contributed by atoms with Gasteiger partial charge in [-0.25, -0.2) is 8.78 Å². The Hall–Kier alpha value is -1.44. The zero-order valence-corrected chi connectivity index (χ0v) is 16.5. The SMILES string of the molecule is COc1ccc(C)cc1C1(CNC(=O)C2CC(F)(F)CN2)CCOCC1.Cl. The standard InChI is InChI=1S/C19H26F2N2O3.ClH/c1-13-3-4-16(25-2)14(9-13)18(5-7-26-8-6-18)11-23-17(24)15-10-19(20,21)12-22-15;/h3-4,9,15,22H,5-8,10-12H2,1-2H3,(H,23,24);1H. The molecule has 2 heterocycles. The molecule has 1 aromatic carbocycles. The topological polar surface area (TPSA) is 59.6 Å². The molecule has 2 fully saturated rings. The highest BCUT2D eigenvalue weighted by Gasteiger charge is 2.43. The molecule has 3 rings (SSSR count). The Morgan fingerprint density at radius 1 is 1.37 bits per heavy atom. The monoisotopic (exact) mass is 404 g/mol. The van der Waals surface area contributed by atoms with Crippen LogP contribution >= 0.6 is 12.4 Å². The van der Waals surface area contributed by atoms with Gasteiger partial charge < -0.3 is 14.8 Å². The minimum atomic E-state index is -2.82. The fourth-order valence-electron chi connectivity index (χ4n) is 3.82. The van der Waals surface area contributed by atoms with E-state index in [4.69, 9.17) is 9.47 Å². The number of carbonyl (C=O) groups is 1. The van der Waals surface area contributed by atoms with Gasteiger partial charge in [0.15, 0.2) is 0 Å². The number of aryl methyl sites for hydroxylation is 1. The Balaban J connectivity index is 0.00000261. The molecular weight excluding hydrogens is 378 g/mol. The number of carbonyl (C=O) groups excluding carboxylic acids is 1. The highest BCUT2D eigenvalue weighted by Crippen LogP contribution is 2.40. The third-order valence-electron chi connectivity index (χ3n) is 5.40. The van der Waals surface area contributed by atoms with Crippen molar-refractivity contribution in [2.24, 2.45) is 0 Å². The summed E-state index contributed by atoms with van der Waals surface area (Å²) in [5.41, 5.74) is 1.82. The minimum absolute atomic E-state index is 0. The van der Waals surface area contributed by atoms with Crippen LogP contribution in [-0.4, -0.2) is 51.3 Å². The van der Waals surface area contributed by atoms with Crippen molar-refractivity contribution in [3.8, 4) is 5.75 Å². The van der Waals surface area contributed by atoms with Gasteiger partial charge in [0.1, 0.15) is 5.75 Å². The van der Waals surface area contributed by atoms with Gasteiger partial charge in [-0.15, -0.1) is 12.4 Å². The van der Waals surface area contributed by atoms with Crippen molar-refractivity contribution < 1.29 is 23.0 Å². The second kappa shape index (κ2) is 8.71. The van der Waals surface area contributed by atoms with Crippen LogP contribution in [0.2, 0.25) is 0 Å². The molecule has 2 saturated heterocycles. The van der Waals surface area contributed by atoms with Gasteiger partial charge in [-0.05, 0) is 25.8 Å². The zero-order chi connectivity index (χ0) is 18.8. The second-order valence-electron chi connectivity index (χ2n) is 7.31. The molecule has 1 unspecified atom stereocenters. The fourth-order valence-corrected chi connectivity index (χ4v) is 3.82. The van der Waals surface area contributed by atoms with Gasteiger partial charge in [0.05, 0.1) is 19.7 Å². The normalized spacial score (nSPS) is 23.3. The van der Waals surface area contributed by atoms with Crippen LogP contribution in [0.1, 0.15) is 30.4 Å².